The molecule has 0 saturated heterocycles. The van der Waals surface area contributed by atoms with Gasteiger partial charge in [-0.25, -0.2) is 4.79 Å². The van der Waals surface area contributed by atoms with Crippen LogP contribution in [0.25, 0.3) is 0 Å². The minimum Gasteiger partial charge on any atom is -0.493 e. The Bertz CT molecular complexity index is 641. The third-order valence-electron chi connectivity index (χ3n) is 3.18. The summed E-state index contributed by atoms with van der Waals surface area (Å²) in [6.45, 7) is 0.470. The number of hydrogen-bond acceptors (Lipinski definition) is 3. The first-order valence-corrected chi connectivity index (χ1v) is 7.27. The molecule has 0 fully saturated rings. The van der Waals surface area contributed by atoms with E-state index in [0.29, 0.717) is 18.1 Å². The summed E-state index contributed by atoms with van der Waals surface area (Å²) in [4.78, 5) is 11.0. The average molecular weight is 321 g/mol. The summed E-state index contributed by atoms with van der Waals surface area (Å²) in [7, 11) is 1.45. The Kier molecular flexibility index (Phi) is 5.67. The minimum atomic E-state index is -1.06. The van der Waals surface area contributed by atoms with Crippen LogP contribution in [-0.4, -0.2) is 24.8 Å². The molecule has 0 atom stereocenters. The zero-order chi connectivity index (χ0) is 15.9. The molecule has 0 spiro atoms. The molecule has 0 unspecified atom stereocenters. The highest BCUT2D eigenvalue weighted by molar-refractivity contribution is 6.32. The van der Waals surface area contributed by atoms with Crippen LogP contribution >= 0.6 is 11.6 Å². The van der Waals surface area contributed by atoms with E-state index in [-0.39, 0.29) is 10.6 Å². The molecular weight excluding hydrogens is 304 g/mol. The van der Waals surface area contributed by atoms with Crippen LogP contribution < -0.4 is 9.47 Å². The topological polar surface area (TPSA) is 55.8 Å². The lowest BCUT2D eigenvalue weighted by atomic mass is 10.1. The molecule has 0 aliphatic carbocycles. The Morgan fingerprint density at radius 2 is 1.95 bits per heavy atom. The summed E-state index contributed by atoms with van der Waals surface area (Å²) in [5, 5.41) is 9.24. The highest BCUT2D eigenvalue weighted by Gasteiger charge is 2.15. The largest absolute Gasteiger partial charge is 0.493 e. The monoisotopic (exact) mass is 320 g/mol. The van der Waals surface area contributed by atoms with Gasteiger partial charge < -0.3 is 14.6 Å². The third-order valence-corrected chi connectivity index (χ3v) is 3.46. The second-order valence-corrected chi connectivity index (χ2v) is 5.14. The van der Waals surface area contributed by atoms with Crippen molar-refractivity contribution < 1.29 is 19.4 Å². The molecular formula is C17H17ClO4. The highest BCUT2D eigenvalue weighted by atomic mass is 35.5. The van der Waals surface area contributed by atoms with Crippen molar-refractivity contribution in [1.29, 1.82) is 0 Å². The quantitative estimate of drug-likeness (QED) is 0.782. The first kappa shape index (κ1) is 16.2. The van der Waals surface area contributed by atoms with Gasteiger partial charge in [0.2, 0.25) is 0 Å². The van der Waals surface area contributed by atoms with Gasteiger partial charge in [-0.1, -0.05) is 41.9 Å². The Morgan fingerprint density at radius 1 is 1.23 bits per heavy atom. The maximum atomic E-state index is 11.0. The molecule has 2 aromatic rings. The van der Waals surface area contributed by atoms with Gasteiger partial charge in [0.15, 0.2) is 11.5 Å². The number of rotatable bonds is 7. The van der Waals surface area contributed by atoms with E-state index in [1.54, 1.807) is 0 Å². The van der Waals surface area contributed by atoms with Gasteiger partial charge in [-0.3, -0.25) is 0 Å². The Morgan fingerprint density at radius 3 is 2.59 bits per heavy atom. The van der Waals surface area contributed by atoms with Crippen molar-refractivity contribution in [3.05, 3.63) is 58.6 Å². The first-order valence-electron chi connectivity index (χ1n) is 6.89. The Hall–Kier alpha value is -2.20. The van der Waals surface area contributed by atoms with E-state index in [1.165, 1.54) is 24.8 Å². The Balaban J connectivity index is 1.99. The first-order chi connectivity index (χ1) is 10.6. The molecule has 2 aromatic carbocycles. The van der Waals surface area contributed by atoms with Gasteiger partial charge in [-0.05, 0) is 30.5 Å². The third kappa shape index (κ3) is 4.15. The van der Waals surface area contributed by atoms with Crippen molar-refractivity contribution in [1.82, 2.24) is 0 Å². The van der Waals surface area contributed by atoms with Crippen LogP contribution in [0, 0.1) is 0 Å². The van der Waals surface area contributed by atoms with Crippen molar-refractivity contribution in [3.8, 4) is 11.5 Å². The van der Waals surface area contributed by atoms with Gasteiger partial charge in [-0.2, -0.15) is 0 Å². The lowest BCUT2D eigenvalue weighted by molar-refractivity contribution is 0.0696. The highest BCUT2D eigenvalue weighted by Crippen LogP contribution is 2.36. The number of carboxylic acid groups (broad SMARTS) is 1. The molecule has 4 nitrogen and oxygen atoms in total. The van der Waals surface area contributed by atoms with Crippen LogP contribution in [0.3, 0.4) is 0 Å². The second kappa shape index (κ2) is 7.71. The van der Waals surface area contributed by atoms with Gasteiger partial charge in [0.05, 0.1) is 24.3 Å². The standard InChI is InChI=1S/C17H17ClO4/c1-21-15-11-13(17(19)20)10-14(18)16(15)22-9-5-8-12-6-3-2-4-7-12/h2-4,6-7,10-11H,5,8-9H2,1H3,(H,19,20). The number of carboxylic acids is 1. The van der Waals surface area contributed by atoms with Gasteiger partial charge in [0.1, 0.15) is 0 Å². The smallest absolute Gasteiger partial charge is 0.335 e. The van der Waals surface area contributed by atoms with E-state index in [0.717, 1.165) is 12.8 Å². The van der Waals surface area contributed by atoms with Crippen LogP contribution in [0.2, 0.25) is 5.02 Å². The molecule has 0 radical (unpaired) electrons. The van der Waals surface area contributed by atoms with E-state index in [1.807, 2.05) is 18.2 Å². The average Bonchev–Trinajstić information content (AvgIpc) is 2.53. The molecule has 5 heteroatoms. The van der Waals surface area contributed by atoms with Crippen molar-refractivity contribution in [2.45, 2.75) is 12.8 Å². The number of ether oxygens (including phenoxy) is 2. The van der Waals surface area contributed by atoms with E-state index in [4.69, 9.17) is 26.2 Å². The van der Waals surface area contributed by atoms with Crippen molar-refractivity contribution in [2.24, 2.45) is 0 Å². The second-order valence-electron chi connectivity index (χ2n) is 4.73. The van der Waals surface area contributed by atoms with Crippen LogP contribution in [0.1, 0.15) is 22.3 Å². The lowest BCUT2D eigenvalue weighted by Crippen LogP contribution is -2.04. The summed E-state index contributed by atoms with van der Waals surface area (Å²) in [6, 6.07) is 12.9. The number of aromatic carboxylic acids is 1. The van der Waals surface area contributed by atoms with E-state index in [2.05, 4.69) is 12.1 Å². The summed E-state index contributed by atoms with van der Waals surface area (Å²) >= 11 is 6.08. The van der Waals surface area contributed by atoms with Crippen LogP contribution in [0.15, 0.2) is 42.5 Å². The maximum absolute atomic E-state index is 11.0. The van der Waals surface area contributed by atoms with Crippen LogP contribution in [0.4, 0.5) is 0 Å². The van der Waals surface area contributed by atoms with E-state index in [9.17, 15) is 4.79 Å². The van der Waals surface area contributed by atoms with E-state index >= 15 is 0 Å². The zero-order valence-corrected chi connectivity index (χ0v) is 13.0. The fourth-order valence-electron chi connectivity index (χ4n) is 2.08. The molecule has 2 rings (SSSR count). The normalized spacial score (nSPS) is 10.3. The predicted octanol–water partition coefficient (Wildman–Crippen LogP) is 4.06. The molecule has 0 bridgehead atoms. The Labute approximate surface area is 134 Å². The number of methoxy groups -OCH3 is 1. The number of hydrogen-bond donors (Lipinski definition) is 1. The van der Waals surface area contributed by atoms with Crippen molar-refractivity contribution in [2.75, 3.05) is 13.7 Å². The molecule has 1 N–H and O–H groups in total. The van der Waals surface area contributed by atoms with Crippen molar-refractivity contribution in [3.63, 3.8) is 0 Å². The van der Waals surface area contributed by atoms with Crippen molar-refractivity contribution >= 4 is 17.6 Å². The molecule has 0 amide bonds. The SMILES string of the molecule is COc1cc(C(=O)O)cc(Cl)c1OCCCc1ccccc1. The molecule has 0 aliphatic rings. The molecule has 0 saturated carbocycles. The molecule has 0 aliphatic heterocycles. The fourth-order valence-corrected chi connectivity index (χ4v) is 2.34. The maximum Gasteiger partial charge on any atom is 0.335 e. The summed E-state index contributed by atoms with van der Waals surface area (Å²) in [5.74, 6) is -0.359. The lowest BCUT2D eigenvalue weighted by Gasteiger charge is -2.13. The van der Waals surface area contributed by atoms with Gasteiger partial charge >= 0.3 is 5.97 Å². The number of aryl methyl sites for hydroxylation is 1. The van der Waals surface area contributed by atoms with E-state index < -0.39 is 5.97 Å². The van der Waals surface area contributed by atoms with Gasteiger partial charge in [0.25, 0.3) is 0 Å². The summed E-state index contributed by atoms with van der Waals surface area (Å²) < 4.78 is 10.8. The van der Waals surface area contributed by atoms with Gasteiger partial charge in [-0.15, -0.1) is 0 Å². The number of carbonyl (C=O) groups is 1. The molecule has 0 aromatic heterocycles. The summed E-state index contributed by atoms with van der Waals surface area (Å²) in [5.41, 5.74) is 1.31. The van der Waals surface area contributed by atoms with Crippen LogP contribution in [-0.2, 0) is 6.42 Å². The molecule has 116 valence electrons. The predicted molar refractivity (Wildman–Crippen MR) is 85.2 cm³/mol. The number of halogens is 1. The fraction of sp³-hybridized carbons (Fsp3) is 0.235. The molecule has 0 heterocycles. The summed E-state index contributed by atoms with van der Waals surface area (Å²) in [6.07, 6.45) is 1.72. The van der Waals surface area contributed by atoms with Gasteiger partial charge in [0, 0.05) is 0 Å². The molecule has 22 heavy (non-hydrogen) atoms. The number of benzene rings is 2. The minimum absolute atomic E-state index is 0.0680. The zero-order valence-electron chi connectivity index (χ0n) is 12.2. The van der Waals surface area contributed by atoms with Crippen LogP contribution in [0.5, 0.6) is 11.5 Å².